The Balaban J connectivity index is 3.22. The number of terminal acetylenes is 1. The van der Waals surface area contributed by atoms with Crippen LogP contribution in [0.3, 0.4) is 0 Å². The van der Waals surface area contributed by atoms with Crippen LogP contribution in [-0.2, 0) is 5.41 Å². The molecule has 1 nitrogen and oxygen atoms in total. The van der Waals surface area contributed by atoms with Crippen LogP contribution in [0.25, 0.3) is 0 Å². The van der Waals surface area contributed by atoms with Crippen LogP contribution in [0.5, 0.6) is 0 Å². The van der Waals surface area contributed by atoms with E-state index in [4.69, 9.17) is 6.42 Å². The van der Waals surface area contributed by atoms with Crippen molar-refractivity contribution in [1.82, 2.24) is 4.98 Å². The zero-order valence-corrected chi connectivity index (χ0v) is 8.46. The van der Waals surface area contributed by atoms with Gasteiger partial charge in [0.2, 0.25) is 0 Å². The molecular formula is C12H15N. The molecule has 0 radical (unpaired) electrons. The maximum atomic E-state index is 5.39. The van der Waals surface area contributed by atoms with Crippen molar-refractivity contribution in [2.45, 2.75) is 32.6 Å². The second-order valence-electron chi connectivity index (χ2n) is 3.78. The average molecular weight is 173 g/mol. The van der Waals surface area contributed by atoms with Crippen molar-refractivity contribution in [1.29, 1.82) is 0 Å². The smallest absolute Gasteiger partial charge is 0.116 e. The predicted octanol–water partition coefficient (Wildman–Crippen LogP) is 2.75. The number of pyridine rings is 1. The van der Waals surface area contributed by atoms with Gasteiger partial charge in [-0.05, 0) is 29.4 Å². The monoisotopic (exact) mass is 173 g/mol. The summed E-state index contributed by atoms with van der Waals surface area (Å²) in [5.41, 5.74) is 2.06. The summed E-state index contributed by atoms with van der Waals surface area (Å²) in [4.78, 5) is 4.18. The van der Waals surface area contributed by atoms with Gasteiger partial charge in [0.25, 0.3) is 0 Å². The van der Waals surface area contributed by atoms with Crippen LogP contribution in [0.4, 0.5) is 0 Å². The first kappa shape index (κ1) is 9.80. The second-order valence-corrected chi connectivity index (χ2v) is 3.78. The summed E-state index contributed by atoms with van der Waals surface area (Å²) in [6, 6.07) is 4.00. The van der Waals surface area contributed by atoms with E-state index in [1.807, 2.05) is 6.07 Å². The molecule has 0 aliphatic rings. The lowest BCUT2D eigenvalue weighted by Crippen LogP contribution is -2.17. The van der Waals surface area contributed by atoms with E-state index in [0.717, 1.165) is 12.1 Å². The van der Waals surface area contributed by atoms with Gasteiger partial charge in [-0.25, -0.2) is 4.98 Å². The molecule has 13 heavy (non-hydrogen) atoms. The van der Waals surface area contributed by atoms with Gasteiger partial charge in [-0.3, -0.25) is 0 Å². The van der Waals surface area contributed by atoms with Crippen LogP contribution in [0.1, 0.15) is 38.4 Å². The van der Waals surface area contributed by atoms with Gasteiger partial charge in [-0.1, -0.05) is 26.8 Å². The van der Waals surface area contributed by atoms with E-state index in [0.29, 0.717) is 0 Å². The molecule has 0 aromatic carbocycles. The van der Waals surface area contributed by atoms with E-state index < -0.39 is 0 Å². The molecule has 1 heteroatoms. The molecule has 1 heterocycles. The van der Waals surface area contributed by atoms with Crippen LogP contribution >= 0.6 is 0 Å². The Morgan fingerprint density at radius 3 is 2.77 bits per heavy atom. The van der Waals surface area contributed by atoms with E-state index in [2.05, 4.69) is 37.7 Å². The molecule has 0 bridgehead atoms. The van der Waals surface area contributed by atoms with Crippen molar-refractivity contribution in [2.75, 3.05) is 0 Å². The lowest BCUT2D eigenvalue weighted by Gasteiger charge is -2.23. The van der Waals surface area contributed by atoms with Gasteiger partial charge >= 0.3 is 0 Å². The van der Waals surface area contributed by atoms with Crippen molar-refractivity contribution in [3.05, 3.63) is 29.6 Å². The summed E-state index contributed by atoms with van der Waals surface area (Å²) < 4.78 is 0. The highest BCUT2D eigenvalue weighted by atomic mass is 14.7. The first-order valence-corrected chi connectivity index (χ1v) is 4.54. The first-order chi connectivity index (χ1) is 6.11. The second kappa shape index (κ2) is 3.62. The third kappa shape index (κ3) is 1.89. The maximum absolute atomic E-state index is 5.39. The summed E-state index contributed by atoms with van der Waals surface area (Å²) in [5.74, 6) is 2.62. The minimum atomic E-state index is 0.121. The highest BCUT2D eigenvalue weighted by Gasteiger charge is 2.20. The fourth-order valence-electron chi connectivity index (χ4n) is 1.26. The number of hydrogen-bond donors (Lipinski definition) is 0. The van der Waals surface area contributed by atoms with Crippen molar-refractivity contribution >= 4 is 0 Å². The average Bonchev–Trinajstić information content (AvgIpc) is 2.18. The SMILES string of the molecule is C#Cc1ncccc1C(C)(C)CC. The highest BCUT2D eigenvalue weighted by molar-refractivity contribution is 5.38. The largest absolute Gasteiger partial charge is 0.247 e. The summed E-state index contributed by atoms with van der Waals surface area (Å²) in [5, 5.41) is 0. The summed E-state index contributed by atoms with van der Waals surface area (Å²) in [6.07, 6.45) is 8.19. The zero-order valence-electron chi connectivity index (χ0n) is 8.46. The minimum Gasteiger partial charge on any atom is -0.247 e. The van der Waals surface area contributed by atoms with E-state index in [1.165, 1.54) is 5.56 Å². The van der Waals surface area contributed by atoms with Crippen molar-refractivity contribution in [2.24, 2.45) is 0 Å². The standard InChI is InChI=1S/C12H15N/c1-5-11-10(8-7-9-13-11)12(3,4)6-2/h1,7-9H,6H2,2-4H3. The Bertz CT molecular complexity index is 331. The molecular weight excluding hydrogens is 158 g/mol. The van der Waals surface area contributed by atoms with E-state index in [1.54, 1.807) is 6.20 Å². The molecule has 0 aliphatic heterocycles. The molecule has 0 amide bonds. The molecule has 0 aliphatic carbocycles. The van der Waals surface area contributed by atoms with Crippen molar-refractivity contribution in [3.63, 3.8) is 0 Å². The number of hydrogen-bond acceptors (Lipinski definition) is 1. The van der Waals surface area contributed by atoms with Crippen LogP contribution < -0.4 is 0 Å². The van der Waals surface area contributed by atoms with Gasteiger partial charge in [0, 0.05) is 6.20 Å². The van der Waals surface area contributed by atoms with Crippen LogP contribution in [0, 0.1) is 12.3 Å². The molecule has 1 aromatic rings. The molecule has 0 fully saturated rings. The Morgan fingerprint density at radius 2 is 2.23 bits per heavy atom. The highest BCUT2D eigenvalue weighted by Crippen LogP contribution is 2.27. The fourth-order valence-corrected chi connectivity index (χ4v) is 1.26. The van der Waals surface area contributed by atoms with Gasteiger partial charge in [0.05, 0.1) is 0 Å². The van der Waals surface area contributed by atoms with Gasteiger partial charge in [0.1, 0.15) is 5.69 Å². The normalized spacial score (nSPS) is 10.9. The molecule has 0 N–H and O–H groups in total. The molecule has 0 atom stereocenters. The quantitative estimate of drug-likeness (QED) is 0.627. The Kier molecular flexibility index (Phi) is 2.72. The van der Waals surface area contributed by atoms with Crippen molar-refractivity contribution in [3.8, 4) is 12.3 Å². The Labute approximate surface area is 80.2 Å². The summed E-state index contributed by atoms with van der Waals surface area (Å²) in [6.45, 7) is 6.53. The molecule has 0 unspecified atom stereocenters. The number of rotatable bonds is 2. The van der Waals surface area contributed by atoms with Gasteiger partial charge in [0.15, 0.2) is 0 Å². The van der Waals surface area contributed by atoms with E-state index >= 15 is 0 Å². The molecule has 1 rings (SSSR count). The topological polar surface area (TPSA) is 12.9 Å². The summed E-state index contributed by atoms with van der Waals surface area (Å²) >= 11 is 0. The molecule has 68 valence electrons. The molecule has 1 aromatic heterocycles. The molecule has 0 saturated carbocycles. The Morgan fingerprint density at radius 1 is 1.54 bits per heavy atom. The maximum Gasteiger partial charge on any atom is 0.116 e. The first-order valence-electron chi connectivity index (χ1n) is 4.54. The predicted molar refractivity (Wildman–Crippen MR) is 55.5 cm³/mol. The van der Waals surface area contributed by atoms with Crippen LogP contribution in [-0.4, -0.2) is 4.98 Å². The number of nitrogens with zero attached hydrogens (tertiary/aromatic N) is 1. The fraction of sp³-hybridized carbons (Fsp3) is 0.417. The van der Waals surface area contributed by atoms with Crippen LogP contribution in [0.15, 0.2) is 18.3 Å². The zero-order chi connectivity index (χ0) is 9.90. The van der Waals surface area contributed by atoms with Gasteiger partial charge in [-0.2, -0.15) is 0 Å². The number of aromatic nitrogens is 1. The van der Waals surface area contributed by atoms with E-state index in [-0.39, 0.29) is 5.41 Å². The lowest BCUT2D eigenvalue weighted by atomic mass is 9.81. The van der Waals surface area contributed by atoms with E-state index in [9.17, 15) is 0 Å². The minimum absolute atomic E-state index is 0.121. The van der Waals surface area contributed by atoms with Crippen molar-refractivity contribution < 1.29 is 0 Å². The Hall–Kier alpha value is -1.29. The van der Waals surface area contributed by atoms with Crippen LogP contribution in [0.2, 0.25) is 0 Å². The lowest BCUT2D eigenvalue weighted by molar-refractivity contribution is 0.503. The summed E-state index contributed by atoms with van der Waals surface area (Å²) in [7, 11) is 0. The molecule has 0 spiro atoms. The van der Waals surface area contributed by atoms with Gasteiger partial charge in [-0.15, -0.1) is 6.42 Å². The molecule has 0 saturated heterocycles. The third-order valence-electron chi connectivity index (χ3n) is 2.56. The van der Waals surface area contributed by atoms with Gasteiger partial charge < -0.3 is 0 Å². The third-order valence-corrected chi connectivity index (χ3v) is 2.56.